The molecule has 0 aromatic carbocycles. The molecule has 4 heteroatoms. The predicted octanol–water partition coefficient (Wildman–Crippen LogP) is 2.70. The Morgan fingerprint density at radius 3 is 2.79 bits per heavy atom. The molecule has 0 atom stereocenters. The van der Waals surface area contributed by atoms with Crippen molar-refractivity contribution in [1.29, 1.82) is 0 Å². The van der Waals surface area contributed by atoms with Gasteiger partial charge in [-0.2, -0.15) is 0 Å². The summed E-state index contributed by atoms with van der Waals surface area (Å²) in [4.78, 5) is 4.29. The van der Waals surface area contributed by atoms with Gasteiger partial charge in [0.25, 0.3) is 0 Å². The Bertz CT molecular complexity index is 302. The molecule has 3 nitrogen and oxygen atoms in total. The Morgan fingerprint density at radius 2 is 2.21 bits per heavy atom. The zero-order chi connectivity index (χ0) is 10.6. The third-order valence-corrected chi connectivity index (χ3v) is 2.07. The largest absolute Gasteiger partial charge is 0.373 e. The van der Waals surface area contributed by atoms with Crippen LogP contribution in [0.25, 0.3) is 0 Å². The van der Waals surface area contributed by atoms with Crippen molar-refractivity contribution in [2.75, 3.05) is 12.4 Å². The predicted molar refractivity (Wildman–Crippen MR) is 58.7 cm³/mol. The summed E-state index contributed by atoms with van der Waals surface area (Å²) in [5.41, 5.74) is 0.771. The molecule has 0 aliphatic heterocycles. The number of nitrogens with one attached hydrogen (secondary N) is 1. The average Bonchev–Trinajstić information content (AvgIpc) is 2.16. The van der Waals surface area contributed by atoms with Crippen LogP contribution >= 0.6 is 11.6 Å². The highest BCUT2D eigenvalue weighted by atomic mass is 35.5. The highest BCUT2D eigenvalue weighted by molar-refractivity contribution is 6.31. The second-order valence-corrected chi connectivity index (χ2v) is 3.64. The van der Waals surface area contributed by atoms with E-state index in [-0.39, 0.29) is 6.10 Å². The first-order chi connectivity index (χ1) is 6.63. The Balaban J connectivity index is 2.73. The minimum Gasteiger partial charge on any atom is -0.373 e. The molecule has 0 aliphatic carbocycles. The van der Waals surface area contributed by atoms with Crippen molar-refractivity contribution >= 4 is 17.4 Å². The van der Waals surface area contributed by atoms with Crippen molar-refractivity contribution in [3.8, 4) is 0 Å². The number of hydrogen-bond donors (Lipinski definition) is 1. The van der Waals surface area contributed by atoms with Gasteiger partial charge in [0.05, 0.1) is 23.4 Å². The molecular weight excluding hydrogens is 200 g/mol. The van der Waals surface area contributed by atoms with E-state index in [1.54, 1.807) is 0 Å². The lowest BCUT2D eigenvalue weighted by molar-refractivity contribution is 0.0637. The summed E-state index contributed by atoms with van der Waals surface area (Å²) in [6.07, 6.45) is 0.186. The molecule has 1 aromatic heterocycles. The van der Waals surface area contributed by atoms with Crippen LogP contribution in [0.2, 0.25) is 5.02 Å². The lowest BCUT2D eigenvalue weighted by Crippen LogP contribution is -2.05. The molecule has 0 aliphatic rings. The van der Waals surface area contributed by atoms with Gasteiger partial charge in [-0.3, -0.25) is 0 Å². The molecule has 1 heterocycles. The molecule has 78 valence electrons. The van der Waals surface area contributed by atoms with Gasteiger partial charge in [0.15, 0.2) is 0 Å². The number of aromatic nitrogens is 1. The maximum atomic E-state index is 5.97. The van der Waals surface area contributed by atoms with E-state index in [0.717, 1.165) is 11.5 Å². The smallest absolute Gasteiger partial charge is 0.126 e. The SMILES string of the molecule is CNc1ccc(Cl)c(COC(C)C)n1. The molecule has 0 fully saturated rings. The summed E-state index contributed by atoms with van der Waals surface area (Å²) in [7, 11) is 1.82. The lowest BCUT2D eigenvalue weighted by atomic mass is 10.3. The van der Waals surface area contributed by atoms with Crippen LogP contribution in [0.4, 0.5) is 5.82 Å². The van der Waals surface area contributed by atoms with Crippen molar-refractivity contribution in [3.05, 3.63) is 22.8 Å². The Morgan fingerprint density at radius 1 is 1.50 bits per heavy atom. The van der Waals surface area contributed by atoms with Crippen molar-refractivity contribution in [2.45, 2.75) is 26.6 Å². The molecule has 14 heavy (non-hydrogen) atoms. The van der Waals surface area contributed by atoms with Gasteiger partial charge in [-0.05, 0) is 26.0 Å². The monoisotopic (exact) mass is 214 g/mol. The number of anilines is 1. The minimum atomic E-state index is 0.186. The van der Waals surface area contributed by atoms with Crippen LogP contribution in [0.5, 0.6) is 0 Å². The topological polar surface area (TPSA) is 34.1 Å². The second kappa shape index (κ2) is 5.17. The molecule has 0 bridgehead atoms. The minimum absolute atomic E-state index is 0.186. The standard InChI is InChI=1S/C10H15ClN2O/c1-7(2)14-6-9-8(11)4-5-10(12-3)13-9/h4-5,7H,6H2,1-3H3,(H,12,13). The Labute approximate surface area is 89.4 Å². The highest BCUT2D eigenvalue weighted by Gasteiger charge is 2.04. The zero-order valence-corrected chi connectivity index (χ0v) is 9.43. The first-order valence-electron chi connectivity index (χ1n) is 4.58. The molecule has 0 amide bonds. The third-order valence-electron chi connectivity index (χ3n) is 1.73. The van der Waals surface area contributed by atoms with E-state index < -0.39 is 0 Å². The van der Waals surface area contributed by atoms with Gasteiger partial charge in [-0.25, -0.2) is 4.98 Å². The fraction of sp³-hybridized carbons (Fsp3) is 0.500. The second-order valence-electron chi connectivity index (χ2n) is 3.23. The summed E-state index contributed by atoms with van der Waals surface area (Å²) in [6, 6.07) is 3.65. The highest BCUT2D eigenvalue weighted by Crippen LogP contribution is 2.17. The number of nitrogens with zero attached hydrogens (tertiary/aromatic N) is 1. The van der Waals surface area contributed by atoms with E-state index in [9.17, 15) is 0 Å². The summed E-state index contributed by atoms with van der Waals surface area (Å²) in [5, 5.41) is 3.60. The van der Waals surface area contributed by atoms with Crippen LogP contribution in [-0.4, -0.2) is 18.1 Å². The van der Waals surface area contributed by atoms with Crippen LogP contribution in [0, 0.1) is 0 Å². The van der Waals surface area contributed by atoms with Crippen LogP contribution in [0.15, 0.2) is 12.1 Å². The summed E-state index contributed by atoms with van der Waals surface area (Å²) in [6.45, 7) is 4.41. The fourth-order valence-corrected chi connectivity index (χ4v) is 1.13. The maximum Gasteiger partial charge on any atom is 0.126 e. The van der Waals surface area contributed by atoms with Crippen LogP contribution in [-0.2, 0) is 11.3 Å². The van der Waals surface area contributed by atoms with Gasteiger partial charge in [0.2, 0.25) is 0 Å². The molecular formula is C10H15ClN2O. The van der Waals surface area contributed by atoms with Gasteiger partial charge in [-0.1, -0.05) is 11.6 Å². The Kier molecular flexibility index (Phi) is 4.17. The fourth-order valence-electron chi connectivity index (χ4n) is 0.970. The van der Waals surface area contributed by atoms with E-state index in [2.05, 4.69) is 10.3 Å². The van der Waals surface area contributed by atoms with Gasteiger partial charge < -0.3 is 10.1 Å². The van der Waals surface area contributed by atoms with Crippen LogP contribution in [0.1, 0.15) is 19.5 Å². The van der Waals surface area contributed by atoms with E-state index in [4.69, 9.17) is 16.3 Å². The molecule has 0 radical (unpaired) electrons. The number of halogens is 1. The molecule has 1 rings (SSSR count). The summed E-state index contributed by atoms with van der Waals surface area (Å²) < 4.78 is 5.43. The molecule has 0 saturated carbocycles. The molecule has 0 unspecified atom stereocenters. The normalized spacial score (nSPS) is 10.6. The Hall–Kier alpha value is -0.800. The van der Waals surface area contributed by atoms with Crippen molar-refractivity contribution < 1.29 is 4.74 Å². The maximum absolute atomic E-state index is 5.97. The van der Waals surface area contributed by atoms with E-state index in [1.807, 2.05) is 33.0 Å². The van der Waals surface area contributed by atoms with Gasteiger partial charge in [-0.15, -0.1) is 0 Å². The summed E-state index contributed by atoms with van der Waals surface area (Å²) in [5.74, 6) is 0.803. The molecule has 1 aromatic rings. The van der Waals surface area contributed by atoms with Crippen molar-refractivity contribution in [1.82, 2.24) is 4.98 Å². The van der Waals surface area contributed by atoms with Gasteiger partial charge >= 0.3 is 0 Å². The molecule has 1 N–H and O–H groups in total. The van der Waals surface area contributed by atoms with E-state index in [1.165, 1.54) is 0 Å². The van der Waals surface area contributed by atoms with Crippen LogP contribution in [0.3, 0.4) is 0 Å². The van der Waals surface area contributed by atoms with Gasteiger partial charge in [0.1, 0.15) is 5.82 Å². The quantitative estimate of drug-likeness (QED) is 0.837. The molecule has 0 saturated heterocycles. The zero-order valence-electron chi connectivity index (χ0n) is 8.67. The van der Waals surface area contributed by atoms with E-state index >= 15 is 0 Å². The van der Waals surface area contributed by atoms with Crippen LogP contribution < -0.4 is 5.32 Å². The van der Waals surface area contributed by atoms with Crippen molar-refractivity contribution in [2.24, 2.45) is 0 Å². The first-order valence-corrected chi connectivity index (χ1v) is 4.96. The van der Waals surface area contributed by atoms with Crippen molar-refractivity contribution in [3.63, 3.8) is 0 Å². The first kappa shape index (κ1) is 11.3. The molecule has 0 spiro atoms. The number of ether oxygens (including phenoxy) is 1. The number of rotatable bonds is 4. The van der Waals surface area contributed by atoms with Gasteiger partial charge in [0, 0.05) is 7.05 Å². The summed E-state index contributed by atoms with van der Waals surface area (Å²) >= 11 is 5.97. The number of hydrogen-bond acceptors (Lipinski definition) is 3. The third kappa shape index (κ3) is 3.16. The average molecular weight is 215 g/mol. The number of pyridine rings is 1. The lowest BCUT2D eigenvalue weighted by Gasteiger charge is -2.09. The van der Waals surface area contributed by atoms with E-state index in [0.29, 0.717) is 11.6 Å².